The van der Waals surface area contributed by atoms with Crippen LogP contribution >= 0.6 is 0 Å². The summed E-state index contributed by atoms with van der Waals surface area (Å²) in [5, 5.41) is 36.2. The van der Waals surface area contributed by atoms with Gasteiger partial charge in [-0.1, -0.05) is 41.9 Å². The molecule has 44 heavy (non-hydrogen) atoms. The molecule has 4 fully saturated rings. The number of allylic oxidation sites excluding steroid dienone is 4. The maximum absolute atomic E-state index is 15.4. The summed E-state index contributed by atoms with van der Waals surface area (Å²) in [5.41, 5.74) is 3.84. The minimum Gasteiger partial charge on any atom is -0.390 e. The van der Waals surface area contributed by atoms with Gasteiger partial charge in [-0.05, 0) is 117 Å². The van der Waals surface area contributed by atoms with Crippen molar-refractivity contribution in [3.05, 3.63) is 58.2 Å². The van der Waals surface area contributed by atoms with Gasteiger partial charge in [0.25, 0.3) is 0 Å². The molecule has 1 unspecified atom stereocenters. The third kappa shape index (κ3) is 4.69. The number of alkyl halides is 2. The molecule has 7 rings (SSSR count). The first-order valence-electron chi connectivity index (χ1n) is 16.3. The highest BCUT2D eigenvalue weighted by Crippen LogP contribution is 2.69. The van der Waals surface area contributed by atoms with Crippen LogP contribution in [-0.4, -0.2) is 57.2 Å². The minimum absolute atomic E-state index is 0.00222. The molecule has 1 heterocycles. The highest BCUT2D eigenvalue weighted by molar-refractivity contribution is 5.97. The number of ether oxygens (including phenoxy) is 1. The molecule has 6 aliphatic rings. The van der Waals surface area contributed by atoms with Crippen molar-refractivity contribution in [1.29, 1.82) is 0 Å². The number of aliphatic hydroxyl groups excluding tert-OH is 2. The van der Waals surface area contributed by atoms with Gasteiger partial charge in [0.15, 0.2) is 0 Å². The van der Waals surface area contributed by atoms with Crippen molar-refractivity contribution >= 4 is 5.71 Å². The summed E-state index contributed by atoms with van der Waals surface area (Å²) in [6.45, 7) is 3.56. The van der Waals surface area contributed by atoms with Crippen molar-refractivity contribution in [2.45, 2.75) is 126 Å². The molecular weight excluding hydrogens is 564 g/mol. The number of hydrogen-bond donors (Lipinski definition) is 3. The first kappa shape index (κ1) is 30.1. The van der Waals surface area contributed by atoms with Crippen LogP contribution < -0.4 is 0 Å². The Morgan fingerprint density at radius 1 is 1.07 bits per heavy atom. The van der Waals surface area contributed by atoms with Crippen LogP contribution in [0.25, 0.3) is 0 Å². The van der Waals surface area contributed by atoms with Crippen LogP contribution in [0.15, 0.2) is 52.2 Å². The highest BCUT2D eigenvalue weighted by atomic mass is 19.3. The van der Waals surface area contributed by atoms with E-state index in [1.165, 1.54) is 35.1 Å². The Labute approximate surface area is 258 Å². The normalized spacial score (nSPS) is 41.4. The summed E-state index contributed by atoms with van der Waals surface area (Å²) in [4.78, 5) is 5.68. The number of terminal acetylenes is 1. The van der Waals surface area contributed by atoms with E-state index in [2.05, 4.69) is 35.5 Å². The molecule has 9 atom stereocenters. The molecule has 0 amide bonds. The van der Waals surface area contributed by atoms with Crippen molar-refractivity contribution in [1.82, 2.24) is 0 Å². The third-order valence-electron chi connectivity index (χ3n) is 12.0. The summed E-state index contributed by atoms with van der Waals surface area (Å²) in [6, 6.07) is 8.76. The molecular formula is C36H43F2NO5. The van der Waals surface area contributed by atoms with Gasteiger partial charge in [0, 0.05) is 17.8 Å². The van der Waals surface area contributed by atoms with Crippen LogP contribution in [0.1, 0.15) is 101 Å². The third-order valence-corrected chi connectivity index (χ3v) is 12.0. The zero-order valence-corrected chi connectivity index (χ0v) is 25.5. The molecule has 1 aromatic rings. The molecule has 0 spiro atoms. The minimum atomic E-state index is -3.61. The van der Waals surface area contributed by atoms with Gasteiger partial charge >= 0.3 is 5.92 Å². The van der Waals surface area contributed by atoms with Crippen LogP contribution in [0.5, 0.6) is 0 Å². The van der Waals surface area contributed by atoms with Gasteiger partial charge in [-0.15, -0.1) is 6.42 Å². The molecule has 0 bridgehead atoms. The summed E-state index contributed by atoms with van der Waals surface area (Å²) in [6.07, 6.45) is 10.8. The number of benzene rings is 1. The second kappa shape index (κ2) is 10.8. The van der Waals surface area contributed by atoms with Gasteiger partial charge in [0.05, 0.1) is 17.9 Å². The van der Waals surface area contributed by atoms with E-state index in [0.29, 0.717) is 25.2 Å². The fourth-order valence-corrected chi connectivity index (χ4v) is 9.32. The van der Waals surface area contributed by atoms with Crippen molar-refractivity contribution in [2.75, 3.05) is 0 Å². The van der Waals surface area contributed by atoms with Gasteiger partial charge in [-0.2, -0.15) is 8.78 Å². The predicted molar refractivity (Wildman–Crippen MR) is 162 cm³/mol. The average molecular weight is 608 g/mol. The molecule has 8 heteroatoms. The fourth-order valence-electron chi connectivity index (χ4n) is 9.32. The first-order chi connectivity index (χ1) is 21.0. The van der Waals surface area contributed by atoms with Crippen LogP contribution in [0.2, 0.25) is 0 Å². The van der Waals surface area contributed by atoms with E-state index in [1.54, 1.807) is 12.8 Å². The number of oxime groups is 1. The monoisotopic (exact) mass is 607 g/mol. The van der Waals surface area contributed by atoms with E-state index in [0.717, 1.165) is 30.5 Å². The SMILES string of the molecule is C#CC(F)(F)[C@]1(O)CC[C@H]2[C@@H]3CCC4=C/C(=N/O[C@H]5C[C@H](O)[C@H](O)[C@H](C)O5)CCC4=C3C(c3ccc(C4CC4)cc3)C[C@@]21C. The quantitative estimate of drug-likeness (QED) is 0.277. The first-order valence-corrected chi connectivity index (χ1v) is 16.3. The Morgan fingerprint density at radius 3 is 2.48 bits per heavy atom. The Hall–Kier alpha value is -2.57. The van der Waals surface area contributed by atoms with Gasteiger partial charge < -0.3 is 24.9 Å². The summed E-state index contributed by atoms with van der Waals surface area (Å²) in [7, 11) is 0. The van der Waals surface area contributed by atoms with Crippen molar-refractivity contribution in [3.8, 4) is 12.3 Å². The molecule has 3 N–H and O–H groups in total. The van der Waals surface area contributed by atoms with Gasteiger partial charge in [0.1, 0.15) is 11.7 Å². The number of aliphatic hydroxyl groups is 3. The number of halogens is 2. The molecule has 6 nitrogen and oxygen atoms in total. The second-order valence-corrected chi connectivity index (χ2v) is 14.3. The van der Waals surface area contributed by atoms with E-state index in [4.69, 9.17) is 16.0 Å². The Bertz CT molecular complexity index is 1430. The topological polar surface area (TPSA) is 91.5 Å². The molecule has 1 aliphatic heterocycles. The lowest BCUT2D eigenvalue weighted by Gasteiger charge is -2.55. The lowest BCUT2D eigenvalue weighted by atomic mass is 9.50. The fraction of sp³-hybridized carbons (Fsp3) is 0.639. The molecule has 236 valence electrons. The lowest BCUT2D eigenvalue weighted by molar-refractivity contribution is -0.246. The summed E-state index contributed by atoms with van der Waals surface area (Å²) >= 11 is 0. The van der Waals surface area contributed by atoms with Gasteiger partial charge in [0.2, 0.25) is 6.29 Å². The standard InChI is InChI=1S/C36H43F2NO5/c1-4-36(37,38)35(42)16-15-29-27-13-11-24-17-25(39-44-31-18-30(40)33(41)20(2)43-31)12-14-26(24)32(27)28(19-34(29,35)3)23-9-7-22(8-10-23)21-5-6-21/h1,7-10,17,20-21,27-31,33,40-42H,5-6,11-16,18-19H2,2-3H3/b39-25+/t20-,27-,28?,29-,30-,31-,33+,34-,35-/m0/s1. The van der Waals surface area contributed by atoms with E-state index in [9.17, 15) is 15.3 Å². The van der Waals surface area contributed by atoms with Crippen molar-refractivity contribution in [2.24, 2.45) is 22.4 Å². The van der Waals surface area contributed by atoms with Crippen LogP contribution in [0.3, 0.4) is 0 Å². The Morgan fingerprint density at radius 2 is 1.80 bits per heavy atom. The molecule has 0 radical (unpaired) electrons. The maximum atomic E-state index is 15.4. The number of nitrogens with zero attached hydrogens (tertiary/aromatic N) is 1. The Kier molecular flexibility index (Phi) is 7.36. The van der Waals surface area contributed by atoms with E-state index < -0.39 is 41.5 Å². The maximum Gasteiger partial charge on any atom is 0.336 e. The van der Waals surface area contributed by atoms with Crippen LogP contribution in [0.4, 0.5) is 8.78 Å². The zero-order chi connectivity index (χ0) is 31.0. The van der Waals surface area contributed by atoms with Crippen LogP contribution in [-0.2, 0) is 9.57 Å². The zero-order valence-electron chi connectivity index (χ0n) is 25.5. The number of fused-ring (bicyclic) bond motifs is 4. The molecule has 1 saturated heterocycles. The number of hydrogen-bond acceptors (Lipinski definition) is 6. The van der Waals surface area contributed by atoms with Crippen LogP contribution in [0, 0.1) is 29.6 Å². The number of rotatable bonds is 5. The molecule has 3 saturated carbocycles. The highest BCUT2D eigenvalue weighted by Gasteiger charge is 2.71. The van der Waals surface area contributed by atoms with Gasteiger partial charge in [-0.25, -0.2) is 0 Å². The second-order valence-electron chi connectivity index (χ2n) is 14.3. The lowest BCUT2D eigenvalue weighted by Crippen LogP contribution is -2.60. The summed E-state index contributed by atoms with van der Waals surface area (Å²) in [5.74, 6) is -1.40. The summed E-state index contributed by atoms with van der Waals surface area (Å²) < 4.78 is 36.4. The molecule has 1 aromatic carbocycles. The average Bonchev–Trinajstić information content (AvgIpc) is 3.83. The largest absolute Gasteiger partial charge is 0.390 e. The predicted octanol–water partition coefficient (Wildman–Crippen LogP) is 6.12. The van der Waals surface area contributed by atoms with Crippen molar-refractivity contribution < 1.29 is 33.7 Å². The van der Waals surface area contributed by atoms with E-state index >= 15 is 8.78 Å². The van der Waals surface area contributed by atoms with E-state index in [-0.39, 0.29) is 30.6 Å². The molecule has 0 aromatic heterocycles. The van der Waals surface area contributed by atoms with Crippen molar-refractivity contribution in [3.63, 3.8) is 0 Å². The van der Waals surface area contributed by atoms with Gasteiger partial charge in [-0.3, -0.25) is 0 Å². The van der Waals surface area contributed by atoms with E-state index in [1.807, 2.05) is 6.92 Å². The molecule has 5 aliphatic carbocycles. The smallest absolute Gasteiger partial charge is 0.336 e. The Balaban J connectivity index is 1.24.